The highest BCUT2D eigenvalue weighted by atomic mass is 35.5. The lowest BCUT2D eigenvalue weighted by molar-refractivity contribution is -0.280. The van der Waals surface area contributed by atoms with Crippen LogP contribution >= 0.6 is 11.6 Å². The molecule has 0 aromatic carbocycles. The second-order valence-corrected chi connectivity index (χ2v) is 5.70. The van der Waals surface area contributed by atoms with Crippen molar-refractivity contribution < 1.29 is 35.9 Å². The fourth-order valence-electron chi connectivity index (χ4n) is 2.19. The summed E-state index contributed by atoms with van der Waals surface area (Å²) in [4.78, 5) is 12.2. The third-order valence-electron chi connectivity index (χ3n) is 2.87. The molecule has 0 saturated carbocycles. The number of hydrogen-bond donors (Lipinski definition) is 0. The fourth-order valence-corrected chi connectivity index (χ4v) is 2.35. The number of rotatable bonds is 2. The summed E-state index contributed by atoms with van der Waals surface area (Å²) in [6, 6.07) is 0. The second-order valence-electron chi connectivity index (χ2n) is 5.39. The maximum absolute atomic E-state index is 12.6. The van der Waals surface area contributed by atoms with Gasteiger partial charge in [0.2, 0.25) is 11.8 Å². The van der Waals surface area contributed by atoms with E-state index in [0.29, 0.717) is 4.90 Å². The minimum atomic E-state index is -5.70. The van der Waals surface area contributed by atoms with Gasteiger partial charge in [-0.05, 0) is 13.8 Å². The zero-order chi connectivity index (χ0) is 16.6. The van der Waals surface area contributed by atoms with E-state index < -0.39 is 42.4 Å². The van der Waals surface area contributed by atoms with Crippen LogP contribution in [0.3, 0.4) is 0 Å². The molecule has 1 heterocycles. The third kappa shape index (κ3) is 4.64. The first-order chi connectivity index (χ1) is 9.28. The number of alkyl halides is 7. The zero-order valence-electron chi connectivity index (χ0n) is 11.2. The molecule has 1 aliphatic rings. The van der Waals surface area contributed by atoms with Crippen molar-refractivity contribution in [2.75, 3.05) is 19.0 Å². The zero-order valence-corrected chi connectivity index (χ0v) is 11.9. The van der Waals surface area contributed by atoms with Crippen molar-refractivity contribution in [3.05, 3.63) is 0 Å². The molecule has 1 unspecified atom stereocenters. The van der Waals surface area contributed by atoms with E-state index in [1.807, 2.05) is 0 Å². The van der Waals surface area contributed by atoms with Gasteiger partial charge in [0.1, 0.15) is 0 Å². The Morgan fingerprint density at radius 1 is 1.29 bits per heavy atom. The first kappa shape index (κ1) is 18.3. The van der Waals surface area contributed by atoms with Crippen LogP contribution in [0.2, 0.25) is 0 Å². The van der Waals surface area contributed by atoms with Gasteiger partial charge in [-0.3, -0.25) is 4.79 Å². The molecule has 0 aromatic rings. The molecule has 1 amide bonds. The summed E-state index contributed by atoms with van der Waals surface area (Å²) in [7, 11) is 0. The van der Waals surface area contributed by atoms with Crippen molar-refractivity contribution in [3.63, 3.8) is 0 Å². The van der Waals surface area contributed by atoms with E-state index in [0.717, 1.165) is 0 Å². The van der Waals surface area contributed by atoms with Crippen molar-refractivity contribution in [2.24, 2.45) is 5.92 Å². The van der Waals surface area contributed by atoms with E-state index >= 15 is 0 Å². The van der Waals surface area contributed by atoms with Crippen LogP contribution < -0.4 is 0 Å². The van der Waals surface area contributed by atoms with Crippen LogP contribution in [-0.4, -0.2) is 53.8 Å². The maximum atomic E-state index is 12.6. The molecule has 0 aromatic heterocycles. The number of carbonyl (C=O) groups excluding carboxylic acids is 1. The summed E-state index contributed by atoms with van der Waals surface area (Å²) >= 11 is 5.53. The van der Waals surface area contributed by atoms with Crippen LogP contribution in [0.1, 0.15) is 13.8 Å². The molecule has 1 aliphatic heterocycles. The first-order valence-corrected chi connectivity index (χ1v) is 6.47. The molecule has 3 nitrogen and oxygen atoms in total. The molecule has 1 saturated heterocycles. The Balaban J connectivity index is 3.04. The monoisotopic (exact) mass is 341 g/mol. The molecule has 21 heavy (non-hydrogen) atoms. The molecular formula is C11H14ClF6NO2. The first-order valence-electron chi connectivity index (χ1n) is 5.94. The molecule has 0 bridgehead atoms. The van der Waals surface area contributed by atoms with Gasteiger partial charge in [-0.1, -0.05) is 0 Å². The molecule has 0 spiro atoms. The summed E-state index contributed by atoms with van der Waals surface area (Å²) in [6.07, 6.45) is -12.2. The number of halogens is 7. The summed E-state index contributed by atoms with van der Waals surface area (Å²) in [5.41, 5.74) is -1.07. The van der Waals surface area contributed by atoms with Crippen molar-refractivity contribution in [3.8, 4) is 0 Å². The van der Waals surface area contributed by atoms with Crippen molar-refractivity contribution in [1.29, 1.82) is 0 Å². The highest BCUT2D eigenvalue weighted by Crippen LogP contribution is 2.41. The number of carbonyl (C=O) groups is 1. The summed E-state index contributed by atoms with van der Waals surface area (Å²) < 4.78 is 80.8. The third-order valence-corrected chi connectivity index (χ3v) is 3.21. The molecule has 0 aliphatic carbocycles. The number of ether oxygens (including phenoxy) is 1. The average molecular weight is 342 g/mol. The van der Waals surface area contributed by atoms with Gasteiger partial charge in [0, 0.05) is 13.1 Å². The van der Waals surface area contributed by atoms with E-state index in [-0.39, 0.29) is 12.4 Å². The van der Waals surface area contributed by atoms with Crippen LogP contribution in [0.25, 0.3) is 0 Å². The number of hydrogen-bond acceptors (Lipinski definition) is 2. The second kappa shape index (κ2) is 5.83. The molecule has 1 rings (SSSR count). The summed E-state index contributed by atoms with van der Waals surface area (Å²) in [5, 5.41) is 0. The molecule has 124 valence electrons. The van der Waals surface area contributed by atoms with Gasteiger partial charge < -0.3 is 9.64 Å². The number of nitrogens with zero attached hydrogens (tertiary/aromatic N) is 1. The van der Waals surface area contributed by atoms with Gasteiger partial charge in [0.15, 0.2) is 0 Å². The summed E-state index contributed by atoms with van der Waals surface area (Å²) in [5.74, 6) is -6.20. The van der Waals surface area contributed by atoms with Crippen LogP contribution in [-0.2, 0) is 9.53 Å². The Morgan fingerprint density at radius 2 is 1.76 bits per heavy atom. The Morgan fingerprint density at radius 3 is 2.14 bits per heavy atom. The van der Waals surface area contributed by atoms with Crippen molar-refractivity contribution in [1.82, 2.24) is 4.90 Å². The summed E-state index contributed by atoms with van der Waals surface area (Å²) in [6.45, 7) is 2.14. The van der Waals surface area contributed by atoms with Crippen molar-refractivity contribution >= 4 is 17.5 Å². The lowest BCUT2D eigenvalue weighted by Crippen LogP contribution is -2.59. The molecule has 0 radical (unpaired) electrons. The molecule has 1 fully saturated rings. The van der Waals surface area contributed by atoms with Gasteiger partial charge in [0.05, 0.1) is 17.6 Å². The highest BCUT2D eigenvalue weighted by molar-refractivity contribution is 6.18. The minimum Gasteiger partial charge on any atom is -0.367 e. The van der Waals surface area contributed by atoms with E-state index in [4.69, 9.17) is 16.3 Å². The lowest BCUT2D eigenvalue weighted by atomic mass is 10.0. The predicted octanol–water partition coefficient (Wildman–Crippen LogP) is 2.97. The van der Waals surface area contributed by atoms with E-state index in [1.165, 1.54) is 13.8 Å². The van der Waals surface area contributed by atoms with Gasteiger partial charge in [-0.2, -0.15) is 26.3 Å². The Labute approximate surface area is 122 Å². The SMILES string of the molecule is CC1(C)CN(C(=O)C(C(F)(F)F)C(F)(F)F)CC(CCl)O1. The molecule has 0 N–H and O–H groups in total. The topological polar surface area (TPSA) is 29.5 Å². The van der Waals surface area contributed by atoms with Gasteiger partial charge in [-0.25, -0.2) is 0 Å². The van der Waals surface area contributed by atoms with Crippen LogP contribution in [0.15, 0.2) is 0 Å². The van der Waals surface area contributed by atoms with E-state index in [9.17, 15) is 31.1 Å². The Hall–Kier alpha value is -0.700. The average Bonchev–Trinajstić information content (AvgIpc) is 2.22. The largest absolute Gasteiger partial charge is 0.409 e. The van der Waals surface area contributed by atoms with Crippen molar-refractivity contribution in [2.45, 2.75) is 37.9 Å². The van der Waals surface area contributed by atoms with E-state index in [2.05, 4.69) is 0 Å². The molecule has 10 heteroatoms. The normalized spacial score (nSPS) is 23.5. The predicted molar refractivity (Wildman–Crippen MR) is 61.9 cm³/mol. The van der Waals surface area contributed by atoms with Gasteiger partial charge in [-0.15, -0.1) is 11.6 Å². The molecular weight excluding hydrogens is 328 g/mol. The standard InChI is InChI=1S/C11H14ClF6NO2/c1-9(2)5-19(4-6(3-12)21-9)8(20)7(10(13,14)15)11(16,17)18/h6-7H,3-5H2,1-2H3. The number of amides is 1. The quantitative estimate of drug-likeness (QED) is 0.571. The van der Waals surface area contributed by atoms with Crippen LogP contribution in [0.4, 0.5) is 26.3 Å². The smallest absolute Gasteiger partial charge is 0.367 e. The number of morpholine rings is 1. The fraction of sp³-hybridized carbons (Fsp3) is 0.909. The lowest BCUT2D eigenvalue weighted by Gasteiger charge is -2.43. The Kier molecular flexibility index (Phi) is 5.09. The van der Waals surface area contributed by atoms with E-state index in [1.54, 1.807) is 0 Å². The van der Waals surface area contributed by atoms with Crippen LogP contribution in [0, 0.1) is 5.92 Å². The Bertz CT molecular complexity index is 381. The highest BCUT2D eigenvalue weighted by Gasteiger charge is 2.62. The van der Waals surface area contributed by atoms with Crippen LogP contribution in [0.5, 0.6) is 0 Å². The maximum Gasteiger partial charge on any atom is 0.409 e. The van der Waals surface area contributed by atoms with Gasteiger partial charge in [0.25, 0.3) is 0 Å². The van der Waals surface area contributed by atoms with Gasteiger partial charge >= 0.3 is 12.4 Å². The molecule has 1 atom stereocenters. The minimum absolute atomic E-state index is 0.143.